The molecule has 2 aromatic rings. The van der Waals surface area contributed by atoms with Crippen LogP contribution in [0.3, 0.4) is 0 Å². The van der Waals surface area contributed by atoms with Crippen LogP contribution in [0.25, 0.3) is 0 Å². The van der Waals surface area contributed by atoms with Crippen LogP contribution in [-0.2, 0) is 10.0 Å². The fourth-order valence-corrected chi connectivity index (χ4v) is 3.74. The molecule has 2 N–H and O–H groups in total. The molecule has 8 heteroatoms. The van der Waals surface area contributed by atoms with Crippen molar-refractivity contribution in [3.63, 3.8) is 0 Å². The number of halogens is 1. The van der Waals surface area contributed by atoms with Crippen molar-refractivity contribution in [2.75, 3.05) is 11.8 Å². The second-order valence-corrected chi connectivity index (χ2v) is 7.29. The number of aromatic carboxylic acids is 1. The number of rotatable bonds is 5. The Morgan fingerprint density at radius 1 is 1.22 bits per heavy atom. The summed E-state index contributed by atoms with van der Waals surface area (Å²) in [6.07, 6.45) is 0. The van der Waals surface area contributed by atoms with Gasteiger partial charge in [-0.2, -0.15) is 0 Å². The maximum absolute atomic E-state index is 12.4. The van der Waals surface area contributed by atoms with Crippen LogP contribution in [0.4, 0.5) is 5.69 Å². The maximum Gasteiger partial charge on any atom is 0.337 e. The largest absolute Gasteiger partial charge is 0.496 e. The molecule has 0 aliphatic rings. The molecule has 0 aromatic heterocycles. The summed E-state index contributed by atoms with van der Waals surface area (Å²) < 4.78 is 32.7. The molecule has 0 heterocycles. The number of hydrogen-bond donors (Lipinski definition) is 2. The van der Waals surface area contributed by atoms with Crippen LogP contribution in [0.15, 0.2) is 45.8 Å². The number of methoxy groups -OCH3 is 1. The molecule has 23 heavy (non-hydrogen) atoms. The quantitative estimate of drug-likeness (QED) is 0.804. The van der Waals surface area contributed by atoms with E-state index in [0.717, 1.165) is 5.56 Å². The van der Waals surface area contributed by atoms with E-state index < -0.39 is 16.0 Å². The number of hydrogen-bond acceptors (Lipinski definition) is 4. The second kappa shape index (κ2) is 6.59. The third kappa shape index (κ3) is 3.83. The van der Waals surface area contributed by atoms with E-state index in [2.05, 4.69) is 20.7 Å². The predicted molar refractivity (Wildman–Crippen MR) is 89.6 cm³/mol. The van der Waals surface area contributed by atoms with Gasteiger partial charge >= 0.3 is 5.97 Å². The Labute approximate surface area is 142 Å². The van der Waals surface area contributed by atoms with Crippen LogP contribution in [0, 0.1) is 6.92 Å². The van der Waals surface area contributed by atoms with Crippen molar-refractivity contribution in [2.24, 2.45) is 0 Å². The Balaban J connectivity index is 2.43. The van der Waals surface area contributed by atoms with Gasteiger partial charge in [0.25, 0.3) is 10.0 Å². The van der Waals surface area contributed by atoms with E-state index in [1.807, 2.05) is 0 Å². The monoisotopic (exact) mass is 399 g/mol. The molecular formula is C15H14BrNO5S. The molecule has 0 atom stereocenters. The van der Waals surface area contributed by atoms with Crippen molar-refractivity contribution in [3.8, 4) is 5.75 Å². The summed E-state index contributed by atoms with van der Waals surface area (Å²) >= 11 is 3.22. The summed E-state index contributed by atoms with van der Waals surface area (Å²) in [5, 5.41) is 9.21. The molecule has 0 spiro atoms. The first-order chi connectivity index (χ1) is 10.7. The SMILES string of the molecule is COc1ccc(S(=O)(=O)Nc2ccc(C)cc2C(=O)O)cc1Br. The summed E-state index contributed by atoms with van der Waals surface area (Å²) in [7, 11) is -2.46. The number of carbonyl (C=O) groups is 1. The van der Waals surface area contributed by atoms with Gasteiger partial charge in [-0.15, -0.1) is 0 Å². The predicted octanol–water partition coefficient (Wildman–Crippen LogP) is 3.27. The minimum Gasteiger partial charge on any atom is -0.496 e. The molecule has 0 bridgehead atoms. The Morgan fingerprint density at radius 3 is 2.48 bits per heavy atom. The van der Waals surface area contributed by atoms with Crippen molar-refractivity contribution in [1.82, 2.24) is 0 Å². The lowest BCUT2D eigenvalue weighted by molar-refractivity contribution is 0.0698. The van der Waals surface area contributed by atoms with Crippen molar-refractivity contribution in [3.05, 3.63) is 52.0 Å². The molecule has 2 aromatic carbocycles. The molecule has 0 aliphatic heterocycles. The number of carboxylic acid groups (broad SMARTS) is 1. The lowest BCUT2D eigenvalue weighted by Crippen LogP contribution is -2.15. The third-order valence-electron chi connectivity index (χ3n) is 3.08. The van der Waals surface area contributed by atoms with Gasteiger partial charge in [-0.1, -0.05) is 11.6 Å². The normalized spacial score (nSPS) is 11.1. The molecule has 0 saturated heterocycles. The first kappa shape index (κ1) is 17.3. The lowest BCUT2D eigenvalue weighted by Gasteiger charge is -2.12. The molecule has 0 amide bonds. The Kier molecular flexibility index (Phi) is 4.96. The third-order valence-corrected chi connectivity index (χ3v) is 5.07. The second-order valence-electron chi connectivity index (χ2n) is 4.76. The van der Waals surface area contributed by atoms with Crippen molar-refractivity contribution in [1.29, 1.82) is 0 Å². The standard InChI is InChI=1S/C15H14BrNO5S/c1-9-3-5-13(11(7-9)15(18)19)17-23(20,21)10-4-6-14(22-2)12(16)8-10/h3-8,17H,1-2H3,(H,18,19). The highest BCUT2D eigenvalue weighted by molar-refractivity contribution is 9.10. The minimum atomic E-state index is -3.93. The molecule has 0 unspecified atom stereocenters. The van der Waals surface area contributed by atoms with Crippen LogP contribution >= 0.6 is 15.9 Å². The average molecular weight is 400 g/mol. The van der Waals surface area contributed by atoms with Gasteiger partial charge in [0, 0.05) is 0 Å². The van der Waals surface area contributed by atoms with Crippen LogP contribution in [0.5, 0.6) is 5.75 Å². The molecule has 6 nitrogen and oxygen atoms in total. The fraction of sp³-hybridized carbons (Fsp3) is 0.133. The topological polar surface area (TPSA) is 92.7 Å². The smallest absolute Gasteiger partial charge is 0.337 e. The van der Waals surface area contributed by atoms with Gasteiger partial charge in [0.15, 0.2) is 0 Å². The number of carboxylic acids is 1. The van der Waals surface area contributed by atoms with E-state index in [1.54, 1.807) is 13.0 Å². The molecule has 0 radical (unpaired) electrons. The van der Waals surface area contributed by atoms with Crippen LogP contribution < -0.4 is 9.46 Å². The highest BCUT2D eigenvalue weighted by Gasteiger charge is 2.19. The summed E-state index contributed by atoms with van der Waals surface area (Å²) in [5.41, 5.74) is 0.619. The number of nitrogens with one attached hydrogen (secondary N) is 1. The fourth-order valence-electron chi connectivity index (χ4n) is 1.94. The molecular weight excluding hydrogens is 386 g/mol. The average Bonchev–Trinajstić information content (AvgIpc) is 2.48. The van der Waals surface area contributed by atoms with Crippen molar-refractivity contribution in [2.45, 2.75) is 11.8 Å². The van der Waals surface area contributed by atoms with Crippen LogP contribution in [-0.4, -0.2) is 26.6 Å². The molecule has 0 aliphatic carbocycles. The van der Waals surface area contributed by atoms with E-state index in [1.165, 1.54) is 37.4 Å². The summed E-state index contributed by atoms with van der Waals surface area (Å²) in [6.45, 7) is 1.73. The number of aryl methyl sites for hydroxylation is 1. The zero-order valence-corrected chi connectivity index (χ0v) is 14.7. The Hall–Kier alpha value is -2.06. The summed E-state index contributed by atoms with van der Waals surface area (Å²) in [6, 6.07) is 8.73. The number of benzene rings is 2. The van der Waals surface area contributed by atoms with Gasteiger partial charge in [0.2, 0.25) is 0 Å². The van der Waals surface area contributed by atoms with E-state index in [9.17, 15) is 18.3 Å². The highest BCUT2D eigenvalue weighted by Crippen LogP contribution is 2.29. The highest BCUT2D eigenvalue weighted by atomic mass is 79.9. The van der Waals surface area contributed by atoms with Gasteiger partial charge < -0.3 is 9.84 Å². The summed E-state index contributed by atoms with van der Waals surface area (Å²) in [4.78, 5) is 11.3. The van der Waals surface area contributed by atoms with Gasteiger partial charge in [-0.05, 0) is 53.2 Å². The van der Waals surface area contributed by atoms with E-state index in [4.69, 9.17) is 4.74 Å². The molecule has 0 fully saturated rings. The van der Waals surface area contributed by atoms with E-state index in [-0.39, 0.29) is 16.1 Å². The van der Waals surface area contributed by atoms with E-state index >= 15 is 0 Å². The van der Waals surface area contributed by atoms with Gasteiger partial charge in [0.05, 0.1) is 27.7 Å². The van der Waals surface area contributed by atoms with Crippen LogP contribution in [0.2, 0.25) is 0 Å². The number of sulfonamides is 1. The first-order valence-electron chi connectivity index (χ1n) is 6.45. The molecule has 0 saturated carbocycles. The number of anilines is 1. The first-order valence-corrected chi connectivity index (χ1v) is 8.72. The Morgan fingerprint density at radius 2 is 1.91 bits per heavy atom. The van der Waals surface area contributed by atoms with Crippen molar-refractivity contribution >= 4 is 37.6 Å². The Bertz CT molecular complexity index is 864. The van der Waals surface area contributed by atoms with E-state index in [0.29, 0.717) is 10.2 Å². The summed E-state index contributed by atoms with van der Waals surface area (Å²) in [5.74, 6) is -0.715. The van der Waals surface area contributed by atoms with Gasteiger partial charge in [-0.25, -0.2) is 13.2 Å². The minimum absolute atomic E-state index is 0.00930. The van der Waals surface area contributed by atoms with Crippen molar-refractivity contribution < 1.29 is 23.1 Å². The zero-order valence-electron chi connectivity index (χ0n) is 12.3. The molecule has 122 valence electrons. The van der Waals surface area contributed by atoms with Crippen LogP contribution in [0.1, 0.15) is 15.9 Å². The molecule has 2 rings (SSSR count). The maximum atomic E-state index is 12.4. The van der Waals surface area contributed by atoms with Gasteiger partial charge in [0.1, 0.15) is 5.75 Å². The van der Waals surface area contributed by atoms with Gasteiger partial charge in [-0.3, -0.25) is 4.72 Å². The zero-order chi connectivity index (χ0) is 17.2. The lowest BCUT2D eigenvalue weighted by atomic mass is 10.1. The number of ether oxygens (including phenoxy) is 1.